The lowest BCUT2D eigenvalue weighted by Gasteiger charge is -2.42. The largest absolute Gasteiger partial charge is 0.394 e. The second-order valence-electron chi connectivity index (χ2n) is 5.60. The summed E-state index contributed by atoms with van der Waals surface area (Å²) in [5.41, 5.74) is -0.303. The van der Waals surface area contributed by atoms with Crippen molar-refractivity contribution in [1.82, 2.24) is 4.90 Å². The topological polar surface area (TPSA) is 71.4 Å². The molecular weight excluding hydrogens is 250 g/mol. The monoisotopic (exact) mass is 277 g/mol. The van der Waals surface area contributed by atoms with Crippen LogP contribution in [-0.2, 0) is 14.2 Å². The number of hydrogen-bond acceptors (Lipinski definition) is 6. The molecule has 1 saturated heterocycles. The van der Waals surface area contributed by atoms with Crippen LogP contribution in [0.1, 0.15) is 13.8 Å². The van der Waals surface area contributed by atoms with Crippen LogP contribution in [0, 0.1) is 0 Å². The zero-order valence-corrected chi connectivity index (χ0v) is 12.2. The first-order valence-electron chi connectivity index (χ1n) is 6.72. The van der Waals surface area contributed by atoms with Gasteiger partial charge in [-0.2, -0.15) is 0 Å². The Balaban J connectivity index is 2.30. The maximum absolute atomic E-state index is 9.92. The maximum atomic E-state index is 9.92. The second-order valence-corrected chi connectivity index (χ2v) is 5.60. The highest BCUT2D eigenvalue weighted by atomic mass is 16.5. The first-order valence-corrected chi connectivity index (χ1v) is 6.72. The van der Waals surface area contributed by atoms with Gasteiger partial charge in [0.05, 0.1) is 44.2 Å². The minimum atomic E-state index is -0.537. The molecule has 0 amide bonds. The summed E-state index contributed by atoms with van der Waals surface area (Å²) in [5, 5.41) is 19.1. The van der Waals surface area contributed by atoms with Gasteiger partial charge in [0.25, 0.3) is 0 Å². The summed E-state index contributed by atoms with van der Waals surface area (Å²) < 4.78 is 15.9. The van der Waals surface area contributed by atoms with E-state index in [1.165, 1.54) is 0 Å². The summed E-state index contributed by atoms with van der Waals surface area (Å²) >= 11 is 0. The fourth-order valence-corrected chi connectivity index (χ4v) is 2.36. The number of β-amino-alcohol motifs (C(OH)–C–C–N with tert-alkyl or cyclic N) is 1. The number of nitrogens with zero attached hydrogens (tertiary/aromatic N) is 1. The zero-order chi connectivity index (χ0) is 14.3. The lowest BCUT2D eigenvalue weighted by molar-refractivity contribution is -0.154. The highest BCUT2D eigenvalue weighted by Gasteiger charge is 2.33. The smallest absolute Gasteiger partial charge is 0.0940 e. The molecular formula is C13H27NO5. The predicted molar refractivity (Wildman–Crippen MR) is 71.2 cm³/mol. The first-order chi connectivity index (χ1) is 8.96. The summed E-state index contributed by atoms with van der Waals surface area (Å²) in [6, 6.07) is 0. The first kappa shape index (κ1) is 16.8. The van der Waals surface area contributed by atoms with E-state index < -0.39 is 6.10 Å². The number of aliphatic hydroxyl groups excluding tert-OH is 2. The number of rotatable bonds is 8. The lowest BCUT2D eigenvalue weighted by Crippen LogP contribution is -2.55. The number of morpholine rings is 1. The Morgan fingerprint density at radius 1 is 1.42 bits per heavy atom. The molecule has 0 aromatic carbocycles. The minimum absolute atomic E-state index is 0.000361. The van der Waals surface area contributed by atoms with E-state index in [4.69, 9.17) is 14.2 Å². The van der Waals surface area contributed by atoms with E-state index in [1.807, 2.05) is 13.8 Å². The van der Waals surface area contributed by atoms with E-state index in [9.17, 15) is 10.2 Å². The van der Waals surface area contributed by atoms with Crippen LogP contribution in [0.3, 0.4) is 0 Å². The Bertz CT molecular complexity index is 249. The van der Waals surface area contributed by atoms with E-state index in [0.29, 0.717) is 32.9 Å². The third kappa shape index (κ3) is 6.65. The molecule has 1 aliphatic rings. The Morgan fingerprint density at radius 2 is 2.16 bits per heavy atom. The average Bonchev–Trinajstić information content (AvgIpc) is 2.32. The molecule has 1 heterocycles. The summed E-state index contributed by atoms with van der Waals surface area (Å²) in [4.78, 5) is 2.11. The molecule has 114 valence electrons. The van der Waals surface area contributed by atoms with Crippen molar-refractivity contribution in [2.75, 3.05) is 53.2 Å². The van der Waals surface area contributed by atoms with Gasteiger partial charge >= 0.3 is 0 Å². The van der Waals surface area contributed by atoms with Crippen LogP contribution >= 0.6 is 0 Å². The standard InChI is InChI=1S/C13H27NO5/c1-13(2)10-14(7-12(8-15)19-13)6-11(16)9-18-5-4-17-3/h11-12,15-16H,4-10H2,1-3H3. The number of hydrogen-bond donors (Lipinski definition) is 2. The summed E-state index contributed by atoms with van der Waals surface area (Å²) in [7, 11) is 1.62. The van der Waals surface area contributed by atoms with Gasteiger partial charge in [0, 0.05) is 26.7 Å². The van der Waals surface area contributed by atoms with Crippen molar-refractivity contribution >= 4 is 0 Å². The van der Waals surface area contributed by atoms with E-state index in [2.05, 4.69) is 4.90 Å². The molecule has 6 heteroatoms. The van der Waals surface area contributed by atoms with E-state index in [0.717, 1.165) is 6.54 Å². The SMILES string of the molecule is COCCOCC(O)CN1CC(CO)OC(C)(C)C1. The molecule has 0 bridgehead atoms. The molecule has 0 radical (unpaired) electrons. The van der Waals surface area contributed by atoms with Crippen LogP contribution in [0.2, 0.25) is 0 Å². The van der Waals surface area contributed by atoms with Gasteiger partial charge in [-0.1, -0.05) is 0 Å². The Labute approximate surface area is 115 Å². The summed E-state index contributed by atoms with van der Waals surface area (Å²) in [6.07, 6.45) is -0.726. The molecule has 0 aromatic heterocycles. The predicted octanol–water partition coefficient (Wildman–Crippen LogP) is -0.518. The van der Waals surface area contributed by atoms with Gasteiger partial charge in [-0.05, 0) is 13.8 Å². The number of aliphatic hydroxyl groups is 2. The molecule has 0 saturated carbocycles. The molecule has 0 aromatic rings. The quantitative estimate of drug-likeness (QED) is 0.582. The maximum Gasteiger partial charge on any atom is 0.0940 e. The molecule has 1 fully saturated rings. The zero-order valence-electron chi connectivity index (χ0n) is 12.2. The lowest BCUT2D eigenvalue weighted by atomic mass is 10.0. The molecule has 1 aliphatic heterocycles. The Kier molecular flexibility index (Phi) is 7.20. The van der Waals surface area contributed by atoms with Gasteiger partial charge in [-0.3, -0.25) is 4.90 Å². The van der Waals surface area contributed by atoms with Gasteiger partial charge < -0.3 is 24.4 Å². The van der Waals surface area contributed by atoms with Crippen LogP contribution in [0.25, 0.3) is 0 Å². The van der Waals surface area contributed by atoms with Gasteiger partial charge in [0.2, 0.25) is 0 Å². The van der Waals surface area contributed by atoms with Gasteiger partial charge in [0.15, 0.2) is 0 Å². The van der Waals surface area contributed by atoms with Crippen LogP contribution in [-0.4, -0.2) is 86.1 Å². The highest BCUT2D eigenvalue weighted by molar-refractivity contribution is 4.84. The highest BCUT2D eigenvalue weighted by Crippen LogP contribution is 2.20. The average molecular weight is 277 g/mol. The fraction of sp³-hybridized carbons (Fsp3) is 1.00. The van der Waals surface area contributed by atoms with E-state index in [-0.39, 0.29) is 18.3 Å². The van der Waals surface area contributed by atoms with E-state index >= 15 is 0 Å². The number of ether oxygens (including phenoxy) is 3. The molecule has 0 aliphatic carbocycles. The summed E-state index contributed by atoms with van der Waals surface area (Å²) in [5.74, 6) is 0. The number of methoxy groups -OCH3 is 1. The van der Waals surface area contributed by atoms with Gasteiger partial charge in [-0.15, -0.1) is 0 Å². The molecule has 1 rings (SSSR count). The van der Waals surface area contributed by atoms with Crippen molar-refractivity contribution in [2.45, 2.75) is 31.7 Å². The Hall–Kier alpha value is -0.240. The van der Waals surface area contributed by atoms with Crippen molar-refractivity contribution in [3.8, 4) is 0 Å². The van der Waals surface area contributed by atoms with Gasteiger partial charge in [-0.25, -0.2) is 0 Å². The third-order valence-electron chi connectivity index (χ3n) is 2.97. The Morgan fingerprint density at radius 3 is 2.79 bits per heavy atom. The van der Waals surface area contributed by atoms with Crippen LogP contribution in [0.15, 0.2) is 0 Å². The van der Waals surface area contributed by atoms with Crippen LogP contribution in [0.4, 0.5) is 0 Å². The molecule has 0 spiro atoms. The second kappa shape index (κ2) is 8.14. The molecule has 2 unspecified atom stereocenters. The van der Waals surface area contributed by atoms with Crippen molar-refractivity contribution in [2.24, 2.45) is 0 Å². The van der Waals surface area contributed by atoms with Crippen molar-refractivity contribution in [1.29, 1.82) is 0 Å². The molecule has 2 N–H and O–H groups in total. The van der Waals surface area contributed by atoms with Crippen molar-refractivity contribution in [3.63, 3.8) is 0 Å². The summed E-state index contributed by atoms with van der Waals surface area (Å²) in [6.45, 7) is 7.19. The van der Waals surface area contributed by atoms with Crippen molar-refractivity contribution < 1.29 is 24.4 Å². The van der Waals surface area contributed by atoms with Crippen LogP contribution in [0.5, 0.6) is 0 Å². The molecule has 19 heavy (non-hydrogen) atoms. The fourth-order valence-electron chi connectivity index (χ4n) is 2.36. The third-order valence-corrected chi connectivity index (χ3v) is 2.97. The van der Waals surface area contributed by atoms with Crippen molar-refractivity contribution in [3.05, 3.63) is 0 Å². The van der Waals surface area contributed by atoms with E-state index in [1.54, 1.807) is 7.11 Å². The molecule has 6 nitrogen and oxygen atoms in total. The van der Waals surface area contributed by atoms with Gasteiger partial charge in [0.1, 0.15) is 0 Å². The minimum Gasteiger partial charge on any atom is -0.394 e. The van der Waals surface area contributed by atoms with Crippen LogP contribution < -0.4 is 0 Å². The molecule has 2 atom stereocenters. The normalized spacial score (nSPS) is 25.4.